The number of rotatable bonds is 1. The number of fused-ring (bicyclic) bond motifs is 1. The van der Waals surface area contributed by atoms with Crippen LogP contribution in [0.3, 0.4) is 0 Å². The van der Waals surface area contributed by atoms with Gasteiger partial charge in [-0.15, -0.1) is 0 Å². The topological polar surface area (TPSA) is 20.2 Å². The van der Waals surface area contributed by atoms with E-state index in [1.807, 2.05) is 37.3 Å². The number of aromatic hydroxyl groups is 1. The molecule has 70 valence electrons. The summed E-state index contributed by atoms with van der Waals surface area (Å²) in [5, 5.41) is 11.7. The zero-order valence-electron chi connectivity index (χ0n) is 8.07. The van der Waals surface area contributed by atoms with E-state index in [4.69, 9.17) is 0 Å². The summed E-state index contributed by atoms with van der Waals surface area (Å²) >= 11 is 0. The van der Waals surface area contributed by atoms with Crippen LogP contribution in [-0.2, 0) is 0 Å². The lowest BCUT2D eigenvalue weighted by Gasteiger charge is -2.03. The first-order valence-electron chi connectivity index (χ1n) is 4.66. The molecule has 1 nitrogen and oxygen atoms in total. The lowest BCUT2D eigenvalue weighted by atomic mass is 10.0. The second-order valence-corrected chi connectivity index (χ2v) is 3.26. The molecule has 0 aliphatic rings. The van der Waals surface area contributed by atoms with Crippen molar-refractivity contribution in [1.82, 2.24) is 0 Å². The van der Waals surface area contributed by atoms with E-state index in [2.05, 4.69) is 6.07 Å². The number of phenolic OH excluding ortho intramolecular Hbond substituents is 1. The van der Waals surface area contributed by atoms with Crippen LogP contribution in [0.25, 0.3) is 16.8 Å². The Balaban J connectivity index is 2.79. The van der Waals surface area contributed by atoms with Crippen LogP contribution in [0.5, 0.6) is 5.75 Å². The van der Waals surface area contributed by atoms with E-state index in [1.165, 1.54) is 5.39 Å². The molecule has 0 amide bonds. The van der Waals surface area contributed by atoms with Gasteiger partial charge in [0.05, 0.1) is 0 Å². The first kappa shape index (κ1) is 8.82. The Morgan fingerprint density at radius 2 is 1.93 bits per heavy atom. The third-order valence-corrected chi connectivity index (χ3v) is 2.22. The predicted octanol–water partition coefficient (Wildman–Crippen LogP) is 3.58. The molecule has 0 radical (unpaired) electrons. The Morgan fingerprint density at radius 1 is 1.14 bits per heavy atom. The van der Waals surface area contributed by atoms with Crippen LogP contribution in [0, 0.1) is 0 Å². The molecular weight excluding hydrogens is 172 g/mol. The summed E-state index contributed by atoms with van der Waals surface area (Å²) in [6.07, 6.45) is 3.98. The standard InChI is InChI=1S/C13H12O/c1-2-5-10-8-12(14)9-11-6-3-4-7-13(10)11/h2-9,14H,1H3/b5-2+. The predicted molar refractivity (Wildman–Crippen MR) is 60.3 cm³/mol. The van der Waals surface area contributed by atoms with E-state index in [1.54, 1.807) is 12.1 Å². The van der Waals surface area contributed by atoms with Crippen molar-refractivity contribution in [3.8, 4) is 5.75 Å². The number of allylic oxidation sites excluding steroid dienone is 1. The van der Waals surface area contributed by atoms with E-state index >= 15 is 0 Å². The molecule has 1 heteroatoms. The summed E-state index contributed by atoms with van der Waals surface area (Å²) < 4.78 is 0. The van der Waals surface area contributed by atoms with Crippen molar-refractivity contribution >= 4 is 16.8 Å². The minimum Gasteiger partial charge on any atom is -0.508 e. The molecule has 2 rings (SSSR count). The van der Waals surface area contributed by atoms with Crippen LogP contribution in [-0.4, -0.2) is 5.11 Å². The lowest BCUT2D eigenvalue weighted by Crippen LogP contribution is -1.78. The van der Waals surface area contributed by atoms with Gasteiger partial charge >= 0.3 is 0 Å². The van der Waals surface area contributed by atoms with Crippen molar-refractivity contribution in [3.63, 3.8) is 0 Å². The molecule has 0 atom stereocenters. The molecule has 0 spiro atoms. The van der Waals surface area contributed by atoms with Gasteiger partial charge in [-0.3, -0.25) is 0 Å². The Kier molecular flexibility index (Phi) is 2.23. The van der Waals surface area contributed by atoms with Gasteiger partial charge in [-0.2, -0.15) is 0 Å². The Bertz CT molecular complexity index is 484. The number of hydrogen-bond acceptors (Lipinski definition) is 1. The van der Waals surface area contributed by atoms with E-state index in [-0.39, 0.29) is 0 Å². The Labute approximate surface area is 83.3 Å². The SMILES string of the molecule is C/C=C/c1cc(O)cc2ccccc12. The molecule has 2 aromatic rings. The maximum Gasteiger partial charge on any atom is 0.116 e. The van der Waals surface area contributed by atoms with Gasteiger partial charge in [0.2, 0.25) is 0 Å². The van der Waals surface area contributed by atoms with Gasteiger partial charge in [0.25, 0.3) is 0 Å². The van der Waals surface area contributed by atoms with Gasteiger partial charge in [-0.25, -0.2) is 0 Å². The summed E-state index contributed by atoms with van der Waals surface area (Å²) in [6.45, 7) is 1.97. The summed E-state index contributed by atoms with van der Waals surface area (Å²) in [5.74, 6) is 0.316. The maximum absolute atomic E-state index is 9.50. The van der Waals surface area contributed by atoms with Crippen LogP contribution >= 0.6 is 0 Å². The zero-order valence-corrected chi connectivity index (χ0v) is 8.07. The second kappa shape index (κ2) is 3.54. The number of benzene rings is 2. The molecule has 0 aliphatic heterocycles. The molecular formula is C13H12O. The average molecular weight is 184 g/mol. The fourth-order valence-electron chi connectivity index (χ4n) is 1.64. The molecule has 0 bridgehead atoms. The molecule has 0 heterocycles. The van der Waals surface area contributed by atoms with Gasteiger partial charge in [-0.1, -0.05) is 36.4 Å². The van der Waals surface area contributed by atoms with Crippen LogP contribution in [0.1, 0.15) is 12.5 Å². The van der Waals surface area contributed by atoms with Gasteiger partial charge < -0.3 is 5.11 Å². The summed E-state index contributed by atoms with van der Waals surface area (Å²) in [7, 11) is 0. The largest absolute Gasteiger partial charge is 0.508 e. The van der Waals surface area contributed by atoms with Crippen molar-refractivity contribution < 1.29 is 5.11 Å². The average Bonchev–Trinajstić information content (AvgIpc) is 2.18. The smallest absolute Gasteiger partial charge is 0.116 e. The molecule has 0 aliphatic carbocycles. The molecule has 0 aromatic heterocycles. The quantitative estimate of drug-likeness (QED) is 0.718. The second-order valence-electron chi connectivity index (χ2n) is 3.26. The summed E-state index contributed by atoms with van der Waals surface area (Å²) in [4.78, 5) is 0. The highest BCUT2D eigenvalue weighted by Gasteiger charge is 1.99. The fourth-order valence-corrected chi connectivity index (χ4v) is 1.64. The molecule has 14 heavy (non-hydrogen) atoms. The van der Waals surface area contributed by atoms with Gasteiger partial charge in [-0.05, 0) is 35.4 Å². The first-order chi connectivity index (χ1) is 6.81. The van der Waals surface area contributed by atoms with Gasteiger partial charge in [0.15, 0.2) is 0 Å². The van der Waals surface area contributed by atoms with Crippen LogP contribution in [0.15, 0.2) is 42.5 Å². The highest BCUT2D eigenvalue weighted by atomic mass is 16.3. The van der Waals surface area contributed by atoms with Crippen molar-refractivity contribution in [2.45, 2.75) is 6.92 Å². The zero-order chi connectivity index (χ0) is 9.97. The number of hydrogen-bond donors (Lipinski definition) is 1. The summed E-state index contributed by atoms with van der Waals surface area (Å²) in [6, 6.07) is 11.6. The minimum absolute atomic E-state index is 0.316. The highest BCUT2D eigenvalue weighted by molar-refractivity contribution is 5.91. The van der Waals surface area contributed by atoms with E-state index in [0.717, 1.165) is 10.9 Å². The normalized spacial score (nSPS) is 11.2. The first-order valence-corrected chi connectivity index (χ1v) is 4.66. The van der Waals surface area contributed by atoms with E-state index < -0.39 is 0 Å². The van der Waals surface area contributed by atoms with Gasteiger partial charge in [0.1, 0.15) is 5.75 Å². The van der Waals surface area contributed by atoms with Crippen molar-refractivity contribution in [2.75, 3.05) is 0 Å². The van der Waals surface area contributed by atoms with Crippen LogP contribution in [0.4, 0.5) is 0 Å². The van der Waals surface area contributed by atoms with Crippen molar-refractivity contribution in [1.29, 1.82) is 0 Å². The van der Waals surface area contributed by atoms with E-state index in [9.17, 15) is 5.11 Å². The highest BCUT2D eigenvalue weighted by Crippen LogP contribution is 2.25. The lowest BCUT2D eigenvalue weighted by molar-refractivity contribution is 0.476. The minimum atomic E-state index is 0.316. The molecule has 0 unspecified atom stereocenters. The maximum atomic E-state index is 9.50. The number of phenols is 1. The fraction of sp³-hybridized carbons (Fsp3) is 0.0769. The molecule has 0 saturated heterocycles. The molecule has 0 saturated carbocycles. The Morgan fingerprint density at radius 3 is 2.71 bits per heavy atom. The van der Waals surface area contributed by atoms with Crippen LogP contribution < -0.4 is 0 Å². The molecule has 0 fully saturated rings. The van der Waals surface area contributed by atoms with Crippen molar-refractivity contribution in [3.05, 3.63) is 48.0 Å². The monoisotopic (exact) mass is 184 g/mol. The van der Waals surface area contributed by atoms with Gasteiger partial charge in [0, 0.05) is 0 Å². The molecule has 2 aromatic carbocycles. The third kappa shape index (κ3) is 1.49. The van der Waals surface area contributed by atoms with Crippen molar-refractivity contribution in [2.24, 2.45) is 0 Å². The third-order valence-electron chi connectivity index (χ3n) is 2.22. The summed E-state index contributed by atoms with van der Waals surface area (Å²) in [5.41, 5.74) is 1.06. The van der Waals surface area contributed by atoms with Crippen LogP contribution in [0.2, 0.25) is 0 Å². The van der Waals surface area contributed by atoms with E-state index in [0.29, 0.717) is 5.75 Å². The molecule has 1 N–H and O–H groups in total. The Hall–Kier alpha value is -1.76.